The Morgan fingerprint density at radius 2 is 2.00 bits per heavy atom. The molecule has 116 valence electrons. The number of nitrogens with zero attached hydrogens (tertiary/aromatic N) is 2. The lowest BCUT2D eigenvalue weighted by Crippen LogP contribution is -2.23. The molecule has 0 aliphatic rings. The lowest BCUT2D eigenvalue weighted by molar-refractivity contribution is 0.174. The van der Waals surface area contributed by atoms with Crippen molar-refractivity contribution in [1.82, 2.24) is 0 Å². The minimum Gasteiger partial charge on any atom is -0.445 e. The van der Waals surface area contributed by atoms with Gasteiger partial charge in [-0.15, -0.1) is 12.4 Å². The SMILES string of the molecule is C/C=C/COC(=O)Nc1ccc(N(C)C(C)=NC)cc1.Cl. The fourth-order valence-corrected chi connectivity index (χ4v) is 1.48. The third-order valence-corrected chi connectivity index (χ3v) is 2.86. The molecular formula is C15H22ClN3O2. The van der Waals surface area contributed by atoms with Crippen LogP contribution < -0.4 is 10.2 Å². The average molecular weight is 312 g/mol. The summed E-state index contributed by atoms with van der Waals surface area (Å²) in [5.74, 6) is 0.913. The number of halogens is 1. The van der Waals surface area contributed by atoms with Crippen LogP contribution in [0.3, 0.4) is 0 Å². The molecule has 0 aliphatic heterocycles. The Labute approximate surface area is 132 Å². The molecule has 0 aromatic heterocycles. The van der Waals surface area contributed by atoms with Crippen molar-refractivity contribution in [3.8, 4) is 0 Å². The van der Waals surface area contributed by atoms with E-state index in [1.165, 1.54) is 0 Å². The van der Waals surface area contributed by atoms with E-state index in [4.69, 9.17) is 4.74 Å². The number of allylic oxidation sites excluding steroid dienone is 1. The zero-order valence-electron chi connectivity index (χ0n) is 12.8. The summed E-state index contributed by atoms with van der Waals surface area (Å²) >= 11 is 0. The number of ether oxygens (including phenoxy) is 1. The van der Waals surface area contributed by atoms with Gasteiger partial charge in [0.15, 0.2) is 0 Å². The summed E-state index contributed by atoms with van der Waals surface area (Å²) in [5, 5.41) is 2.67. The number of anilines is 2. The minimum absolute atomic E-state index is 0. The molecular weight excluding hydrogens is 290 g/mol. The van der Waals surface area contributed by atoms with Crippen molar-refractivity contribution < 1.29 is 9.53 Å². The first-order valence-electron chi connectivity index (χ1n) is 6.40. The van der Waals surface area contributed by atoms with E-state index in [0.29, 0.717) is 5.69 Å². The summed E-state index contributed by atoms with van der Waals surface area (Å²) < 4.78 is 4.95. The first kappa shape index (κ1) is 19.0. The van der Waals surface area contributed by atoms with Crippen LogP contribution in [0.15, 0.2) is 41.4 Å². The van der Waals surface area contributed by atoms with Crippen LogP contribution in [0, 0.1) is 0 Å². The maximum Gasteiger partial charge on any atom is 0.411 e. The molecule has 0 fully saturated rings. The molecule has 0 unspecified atom stereocenters. The van der Waals surface area contributed by atoms with Crippen LogP contribution >= 0.6 is 12.4 Å². The van der Waals surface area contributed by atoms with Crippen LogP contribution in [0.25, 0.3) is 0 Å². The second-order valence-corrected chi connectivity index (χ2v) is 4.17. The van der Waals surface area contributed by atoms with Gasteiger partial charge in [0.2, 0.25) is 0 Å². The number of rotatable bonds is 4. The molecule has 0 saturated heterocycles. The summed E-state index contributed by atoms with van der Waals surface area (Å²) in [5.41, 5.74) is 1.69. The first-order valence-corrected chi connectivity index (χ1v) is 6.40. The zero-order valence-corrected chi connectivity index (χ0v) is 13.6. The van der Waals surface area contributed by atoms with E-state index in [1.54, 1.807) is 13.1 Å². The fraction of sp³-hybridized carbons (Fsp3) is 0.333. The molecule has 5 nitrogen and oxygen atoms in total. The van der Waals surface area contributed by atoms with E-state index in [-0.39, 0.29) is 19.0 Å². The van der Waals surface area contributed by atoms with Crippen molar-refractivity contribution in [3.63, 3.8) is 0 Å². The van der Waals surface area contributed by atoms with E-state index in [0.717, 1.165) is 11.5 Å². The second kappa shape index (κ2) is 9.83. The van der Waals surface area contributed by atoms with E-state index >= 15 is 0 Å². The molecule has 0 aliphatic carbocycles. The molecule has 0 heterocycles. The normalized spacial score (nSPS) is 11.0. The summed E-state index contributed by atoms with van der Waals surface area (Å²) in [6, 6.07) is 7.48. The average Bonchev–Trinajstić information content (AvgIpc) is 2.46. The van der Waals surface area contributed by atoms with Crippen LogP contribution in [-0.2, 0) is 4.74 Å². The number of carbonyl (C=O) groups excluding carboxylic acids is 1. The van der Waals surface area contributed by atoms with Gasteiger partial charge < -0.3 is 9.64 Å². The lowest BCUT2D eigenvalue weighted by atomic mass is 10.2. The van der Waals surface area contributed by atoms with Gasteiger partial charge in [-0.1, -0.05) is 12.2 Å². The molecule has 1 N–H and O–H groups in total. The second-order valence-electron chi connectivity index (χ2n) is 4.17. The third-order valence-electron chi connectivity index (χ3n) is 2.86. The highest BCUT2D eigenvalue weighted by atomic mass is 35.5. The molecule has 21 heavy (non-hydrogen) atoms. The topological polar surface area (TPSA) is 53.9 Å². The smallest absolute Gasteiger partial charge is 0.411 e. The molecule has 1 amide bonds. The summed E-state index contributed by atoms with van der Waals surface area (Å²) in [6.07, 6.45) is 3.13. The highest BCUT2D eigenvalue weighted by molar-refractivity contribution is 5.95. The molecule has 0 radical (unpaired) electrons. The summed E-state index contributed by atoms with van der Waals surface area (Å²) in [7, 11) is 3.69. The minimum atomic E-state index is -0.462. The fourth-order valence-electron chi connectivity index (χ4n) is 1.48. The molecule has 0 bridgehead atoms. The molecule has 0 spiro atoms. The Balaban J connectivity index is 0.00000400. The Bertz CT molecular complexity index is 498. The van der Waals surface area contributed by atoms with Crippen molar-refractivity contribution in [1.29, 1.82) is 0 Å². The van der Waals surface area contributed by atoms with Gasteiger partial charge in [0, 0.05) is 25.5 Å². The third kappa shape index (κ3) is 6.31. The number of hydrogen-bond donors (Lipinski definition) is 1. The predicted octanol–water partition coefficient (Wildman–Crippen LogP) is 3.72. The maximum absolute atomic E-state index is 11.5. The van der Waals surface area contributed by atoms with Gasteiger partial charge in [-0.05, 0) is 38.1 Å². The quantitative estimate of drug-likeness (QED) is 0.524. The Morgan fingerprint density at radius 1 is 1.38 bits per heavy atom. The van der Waals surface area contributed by atoms with Gasteiger partial charge in [0.05, 0.1) is 5.84 Å². The van der Waals surface area contributed by atoms with E-state index in [9.17, 15) is 4.79 Å². The van der Waals surface area contributed by atoms with Gasteiger partial charge in [0.25, 0.3) is 0 Å². The van der Waals surface area contributed by atoms with Gasteiger partial charge in [-0.2, -0.15) is 0 Å². The molecule has 6 heteroatoms. The van der Waals surface area contributed by atoms with E-state index in [2.05, 4.69) is 10.3 Å². The van der Waals surface area contributed by atoms with Crippen molar-refractivity contribution in [2.75, 3.05) is 30.9 Å². The van der Waals surface area contributed by atoms with Crippen molar-refractivity contribution >= 4 is 35.7 Å². The largest absolute Gasteiger partial charge is 0.445 e. The van der Waals surface area contributed by atoms with Crippen LogP contribution in [0.1, 0.15) is 13.8 Å². The maximum atomic E-state index is 11.5. The standard InChI is InChI=1S/C15H21N3O2.ClH/c1-5-6-11-20-15(19)17-13-7-9-14(10-8-13)18(4)12(2)16-3;/h5-10H,11H2,1-4H3,(H,17,19);1H/b6-5+,16-12?;. The van der Waals surface area contributed by atoms with E-state index < -0.39 is 6.09 Å². The molecule has 1 aromatic rings. The predicted molar refractivity (Wildman–Crippen MR) is 90.9 cm³/mol. The summed E-state index contributed by atoms with van der Waals surface area (Å²) in [4.78, 5) is 17.6. The Morgan fingerprint density at radius 3 is 2.52 bits per heavy atom. The number of hydrogen-bond acceptors (Lipinski definition) is 3. The monoisotopic (exact) mass is 311 g/mol. The number of aliphatic imine (C=N–C) groups is 1. The van der Waals surface area contributed by atoms with Gasteiger partial charge in [0.1, 0.15) is 6.61 Å². The molecule has 0 atom stereocenters. The Hall–Kier alpha value is -2.01. The van der Waals surface area contributed by atoms with Crippen LogP contribution in [0.4, 0.5) is 16.2 Å². The number of amidine groups is 1. The first-order chi connectivity index (χ1) is 9.58. The molecule has 0 saturated carbocycles. The van der Waals surface area contributed by atoms with Crippen molar-refractivity contribution in [3.05, 3.63) is 36.4 Å². The van der Waals surface area contributed by atoms with Crippen LogP contribution in [0.2, 0.25) is 0 Å². The number of carbonyl (C=O) groups is 1. The molecule has 1 rings (SSSR count). The Kier molecular flexibility index (Phi) is 8.88. The number of nitrogens with one attached hydrogen (secondary N) is 1. The highest BCUT2D eigenvalue weighted by Crippen LogP contribution is 2.17. The van der Waals surface area contributed by atoms with Gasteiger partial charge in [-0.25, -0.2) is 4.79 Å². The van der Waals surface area contributed by atoms with Crippen LogP contribution in [0.5, 0.6) is 0 Å². The lowest BCUT2D eigenvalue weighted by Gasteiger charge is -2.18. The van der Waals surface area contributed by atoms with Gasteiger partial charge >= 0.3 is 6.09 Å². The molecule has 1 aromatic carbocycles. The van der Waals surface area contributed by atoms with E-state index in [1.807, 2.05) is 56.1 Å². The summed E-state index contributed by atoms with van der Waals surface area (Å²) in [6.45, 7) is 4.08. The van der Waals surface area contributed by atoms with Crippen molar-refractivity contribution in [2.45, 2.75) is 13.8 Å². The zero-order chi connectivity index (χ0) is 15.0. The van der Waals surface area contributed by atoms with Gasteiger partial charge in [-0.3, -0.25) is 10.3 Å². The van der Waals surface area contributed by atoms with Crippen molar-refractivity contribution in [2.24, 2.45) is 4.99 Å². The highest BCUT2D eigenvalue weighted by Gasteiger charge is 2.05. The number of benzene rings is 1. The number of amides is 1. The van der Waals surface area contributed by atoms with Crippen LogP contribution in [-0.4, -0.2) is 32.6 Å².